The van der Waals surface area contributed by atoms with Crippen LogP contribution in [0.3, 0.4) is 0 Å². The van der Waals surface area contributed by atoms with Crippen LogP contribution < -0.4 is 10.5 Å². The van der Waals surface area contributed by atoms with E-state index in [1.807, 2.05) is 55.5 Å². The predicted octanol–water partition coefficient (Wildman–Crippen LogP) is 3.69. The summed E-state index contributed by atoms with van der Waals surface area (Å²) in [6.07, 6.45) is 0.550. The first-order valence-corrected chi connectivity index (χ1v) is 7.39. The number of rotatable bonds is 6. The second-order valence-electron chi connectivity index (χ2n) is 4.97. The molecule has 4 heteroatoms. The molecule has 0 saturated heterocycles. The highest BCUT2D eigenvalue weighted by Gasteiger charge is 2.20. The Balaban J connectivity index is 2.25. The molecule has 2 aromatic carbocycles. The van der Waals surface area contributed by atoms with Crippen LogP contribution in [0.5, 0.6) is 5.75 Å². The number of aliphatic hydroxyl groups is 1. The molecule has 2 atom stereocenters. The summed E-state index contributed by atoms with van der Waals surface area (Å²) < 4.78 is 6.06. The summed E-state index contributed by atoms with van der Waals surface area (Å²) in [6, 6.07) is 14.8. The number of nitrogens with two attached hydrogens (primary N) is 1. The summed E-state index contributed by atoms with van der Waals surface area (Å²) in [6.45, 7) is 2.02. The molecule has 3 nitrogen and oxygen atoms in total. The number of hydrogen-bond donors (Lipinski definition) is 2. The van der Waals surface area contributed by atoms with Gasteiger partial charge in [-0.15, -0.1) is 0 Å². The van der Waals surface area contributed by atoms with E-state index in [1.54, 1.807) is 0 Å². The molecule has 0 aliphatic heterocycles. The lowest BCUT2D eigenvalue weighted by molar-refractivity contribution is 0.170. The van der Waals surface area contributed by atoms with Gasteiger partial charge in [0.05, 0.1) is 6.61 Å². The zero-order valence-electron chi connectivity index (χ0n) is 12.0. The van der Waals surface area contributed by atoms with Gasteiger partial charge in [-0.25, -0.2) is 0 Å². The number of ether oxygens (including phenoxy) is 1. The molecule has 0 heterocycles. The highest BCUT2D eigenvalue weighted by molar-refractivity contribution is 6.30. The maximum Gasteiger partial charge on any atom is 0.139 e. The van der Waals surface area contributed by atoms with Gasteiger partial charge in [-0.2, -0.15) is 0 Å². The van der Waals surface area contributed by atoms with E-state index in [1.165, 1.54) is 0 Å². The van der Waals surface area contributed by atoms with E-state index in [9.17, 15) is 5.11 Å². The van der Waals surface area contributed by atoms with E-state index in [0.717, 1.165) is 17.5 Å². The van der Waals surface area contributed by atoms with Crippen molar-refractivity contribution in [2.45, 2.75) is 32.1 Å². The van der Waals surface area contributed by atoms with E-state index in [0.29, 0.717) is 10.8 Å². The maximum absolute atomic E-state index is 9.20. The Hall–Kier alpha value is -1.55. The summed E-state index contributed by atoms with van der Waals surface area (Å²) in [5.41, 5.74) is 8.00. The third-order valence-corrected chi connectivity index (χ3v) is 3.65. The molecule has 2 aromatic rings. The lowest BCUT2D eigenvalue weighted by atomic mass is 10.0. The topological polar surface area (TPSA) is 55.5 Å². The number of halogens is 1. The molecule has 0 saturated carbocycles. The standard InChI is InChI=1S/C17H20ClNO2/c1-2-16(19)17(13-6-8-14(18)9-7-13)21-15-5-3-4-12(10-15)11-20/h3-10,16-17,20H,2,11,19H2,1H3. The van der Waals surface area contributed by atoms with Crippen molar-refractivity contribution in [3.63, 3.8) is 0 Å². The number of aliphatic hydroxyl groups excluding tert-OH is 1. The van der Waals surface area contributed by atoms with Crippen molar-refractivity contribution in [3.05, 3.63) is 64.7 Å². The van der Waals surface area contributed by atoms with Gasteiger partial charge in [-0.05, 0) is 41.8 Å². The summed E-state index contributed by atoms with van der Waals surface area (Å²) in [4.78, 5) is 0. The van der Waals surface area contributed by atoms with Gasteiger partial charge >= 0.3 is 0 Å². The fraction of sp³-hybridized carbons (Fsp3) is 0.294. The van der Waals surface area contributed by atoms with Crippen LogP contribution in [-0.4, -0.2) is 11.1 Å². The van der Waals surface area contributed by atoms with Gasteiger partial charge < -0.3 is 15.6 Å². The highest BCUT2D eigenvalue weighted by Crippen LogP contribution is 2.27. The molecule has 21 heavy (non-hydrogen) atoms. The van der Waals surface area contributed by atoms with Gasteiger partial charge in [0.1, 0.15) is 11.9 Å². The van der Waals surface area contributed by atoms with Crippen LogP contribution in [0.2, 0.25) is 5.02 Å². The minimum atomic E-state index is -0.249. The first kappa shape index (κ1) is 15.8. The van der Waals surface area contributed by atoms with Crippen LogP contribution >= 0.6 is 11.6 Å². The van der Waals surface area contributed by atoms with Crippen molar-refractivity contribution in [2.75, 3.05) is 0 Å². The van der Waals surface area contributed by atoms with Gasteiger partial charge in [0.2, 0.25) is 0 Å². The first-order valence-electron chi connectivity index (χ1n) is 7.01. The van der Waals surface area contributed by atoms with Crippen molar-refractivity contribution < 1.29 is 9.84 Å². The monoisotopic (exact) mass is 305 g/mol. The molecule has 0 radical (unpaired) electrons. The highest BCUT2D eigenvalue weighted by atomic mass is 35.5. The van der Waals surface area contributed by atoms with Gasteiger partial charge in [0.25, 0.3) is 0 Å². The van der Waals surface area contributed by atoms with Gasteiger partial charge in [-0.3, -0.25) is 0 Å². The fourth-order valence-electron chi connectivity index (χ4n) is 2.13. The van der Waals surface area contributed by atoms with E-state index in [-0.39, 0.29) is 18.8 Å². The molecule has 0 bridgehead atoms. The molecule has 112 valence electrons. The number of benzene rings is 2. The lowest BCUT2D eigenvalue weighted by Gasteiger charge is -2.25. The summed E-state index contributed by atoms with van der Waals surface area (Å²) >= 11 is 5.93. The molecule has 0 aromatic heterocycles. The normalized spacial score (nSPS) is 13.7. The Morgan fingerprint density at radius 3 is 2.52 bits per heavy atom. The molecular formula is C17H20ClNO2. The van der Waals surface area contributed by atoms with Gasteiger partial charge in [0.15, 0.2) is 0 Å². The van der Waals surface area contributed by atoms with Crippen molar-refractivity contribution in [3.8, 4) is 5.75 Å². The zero-order chi connectivity index (χ0) is 15.2. The predicted molar refractivity (Wildman–Crippen MR) is 85.5 cm³/mol. The summed E-state index contributed by atoms with van der Waals surface area (Å²) in [5.74, 6) is 0.699. The molecular weight excluding hydrogens is 286 g/mol. The van der Waals surface area contributed by atoms with Crippen molar-refractivity contribution in [2.24, 2.45) is 5.73 Å². The van der Waals surface area contributed by atoms with Gasteiger partial charge in [-0.1, -0.05) is 42.8 Å². The molecule has 0 aliphatic carbocycles. The largest absolute Gasteiger partial charge is 0.484 e. The summed E-state index contributed by atoms with van der Waals surface area (Å²) in [7, 11) is 0. The average molecular weight is 306 g/mol. The van der Waals surface area contributed by atoms with Crippen LogP contribution in [-0.2, 0) is 6.61 Å². The van der Waals surface area contributed by atoms with Crippen LogP contribution in [0.15, 0.2) is 48.5 Å². The van der Waals surface area contributed by atoms with Crippen molar-refractivity contribution >= 4 is 11.6 Å². The third-order valence-electron chi connectivity index (χ3n) is 3.40. The minimum absolute atomic E-state index is 0.0113. The van der Waals surface area contributed by atoms with Crippen LogP contribution in [0, 0.1) is 0 Å². The van der Waals surface area contributed by atoms with Crippen LogP contribution in [0.1, 0.15) is 30.6 Å². The second-order valence-corrected chi connectivity index (χ2v) is 5.40. The maximum atomic E-state index is 9.20. The lowest BCUT2D eigenvalue weighted by Crippen LogP contribution is -2.31. The third kappa shape index (κ3) is 4.21. The van der Waals surface area contributed by atoms with E-state index in [2.05, 4.69) is 0 Å². The Bertz CT molecular complexity index is 571. The quantitative estimate of drug-likeness (QED) is 0.856. The molecule has 2 unspecified atom stereocenters. The molecule has 3 N–H and O–H groups in total. The van der Waals surface area contributed by atoms with E-state index >= 15 is 0 Å². The summed E-state index contributed by atoms with van der Waals surface area (Å²) in [5, 5.41) is 9.89. The Kier molecular flexibility index (Phi) is 5.62. The van der Waals surface area contributed by atoms with Crippen LogP contribution in [0.4, 0.5) is 0 Å². The first-order chi connectivity index (χ1) is 10.1. The Morgan fingerprint density at radius 2 is 1.90 bits per heavy atom. The molecule has 0 aliphatic rings. The van der Waals surface area contributed by atoms with Gasteiger partial charge in [0, 0.05) is 11.1 Å². The smallest absolute Gasteiger partial charge is 0.139 e. The molecule has 2 rings (SSSR count). The fourth-order valence-corrected chi connectivity index (χ4v) is 2.26. The second kappa shape index (κ2) is 7.46. The van der Waals surface area contributed by atoms with Crippen molar-refractivity contribution in [1.82, 2.24) is 0 Å². The Labute approximate surface area is 130 Å². The van der Waals surface area contributed by atoms with E-state index < -0.39 is 0 Å². The molecule has 0 spiro atoms. The SMILES string of the molecule is CCC(N)C(Oc1cccc(CO)c1)c1ccc(Cl)cc1. The molecule has 0 fully saturated rings. The average Bonchev–Trinajstić information content (AvgIpc) is 2.53. The van der Waals surface area contributed by atoms with E-state index in [4.69, 9.17) is 22.1 Å². The van der Waals surface area contributed by atoms with Crippen LogP contribution in [0.25, 0.3) is 0 Å². The minimum Gasteiger partial charge on any atom is -0.484 e. The zero-order valence-corrected chi connectivity index (χ0v) is 12.8. The van der Waals surface area contributed by atoms with Crippen molar-refractivity contribution in [1.29, 1.82) is 0 Å². The number of hydrogen-bond acceptors (Lipinski definition) is 3. The molecule has 0 amide bonds. The Morgan fingerprint density at radius 1 is 1.19 bits per heavy atom.